The molecule has 0 saturated carbocycles. The number of amides is 1. The maximum Gasteiger partial charge on any atom is 0.251 e. The van der Waals surface area contributed by atoms with Crippen LogP contribution in [-0.2, 0) is 16.6 Å². The molecule has 0 radical (unpaired) electrons. The van der Waals surface area contributed by atoms with E-state index in [1.807, 2.05) is 38.1 Å². The monoisotopic (exact) mass is 454 g/mol. The van der Waals surface area contributed by atoms with Gasteiger partial charge < -0.3 is 5.32 Å². The van der Waals surface area contributed by atoms with E-state index in [4.69, 9.17) is 0 Å². The van der Waals surface area contributed by atoms with Crippen LogP contribution in [0.3, 0.4) is 0 Å². The van der Waals surface area contributed by atoms with E-state index in [1.165, 1.54) is 6.07 Å². The van der Waals surface area contributed by atoms with Crippen LogP contribution in [0.4, 0.5) is 10.1 Å². The number of carbonyl (C=O) groups is 1. The van der Waals surface area contributed by atoms with E-state index in [2.05, 4.69) is 5.32 Å². The van der Waals surface area contributed by atoms with Crippen molar-refractivity contribution in [2.45, 2.75) is 32.9 Å². The number of anilines is 1. The number of carbonyl (C=O) groups excluding carboxylic acids is 1. The van der Waals surface area contributed by atoms with Crippen molar-refractivity contribution in [2.75, 3.05) is 10.6 Å². The second-order valence-corrected chi connectivity index (χ2v) is 9.66. The molecule has 3 rings (SSSR count). The number of rotatable bonds is 8. The second kappa shape index (κ2) is 9.96. The van der Waals surface area contributed by atoms with Crippen molar-refractivity contribution < 1.29 is 17.6 Å². The maximum atomic E-state index is 14.1. The Labute approximate surface area is 188 Å². The smallest absolute Gasteiger partial charge is 0.251 e. The Kier molecular flexibility index (Phi) is 7.30. The van der Waals surface area contributed by atoms with Gasteiger partial charge in [-0.1, -0.05) is 55.0 Å². The van der Waals surface area contributed by atoms with E-state index in [0.29, 0.717) is 11.3 Å². The SMILES string of the molecule is CC[C@@H](NC(=O)c1ccc(N(Cc2ccccc2F)S(C)(=O)=O)cc1)c1ccc(C)cc1. The maximum absolute atomic E-state index is 14.1. The molecule has 0 unspecified atom stereocenters. The van der Waals surface area contributed by atoms with Crippen molar-refractivity contribution in [3.8, 4) is 0 Å². The molecule has 0 aromatic heterocycles. The van der Waals surface area contributed by atoms with Crippen LogP contribution in [0.1, 0.15) is 46.4 Å². The highest BCUT2D eigenvalue weighted by Gasteiger charge is 2.20. The molecule has 0 spiro atoms. The first-order chi connectivity index (χ1) is 15.2. The molecule has 1 atom stereocenters. The number of hydrogen-bond acceptors (Lipinski definition) is 3. The molecule has 5 nitrogen and oxygen atoms in total. The highest BCUT2D eigenvalue weighted by Crippen LogP contribution is 2.23. The summed E-state index contributed by atoms with van der Waals surface area (Å²) in [6.07, 6.45) is 1.80. The van der Waals surface area contributed by atoms with Crippen LogP contribution in [0.5, 0.6) is 0 Å². The fourth-order valence-corrected chi connectivity index (χ4v) is 4.30. The Morgan fingerprint density at radius 3 is 2.19 bits per heavy atom. The average molecular weight is 455 g/mol. The first-order valence-corrected chi connectivity index (χ1v) is 12.2. The lowest BCUT2D eigenvalue weighted by Crippen LogP contribution is -2.30. The number of sulfonamides is 1. The Morgan fingerprint density at radius 2 is 1.62 bits per heavy atom. The molecule has 0 aliphatic rings. The van der Waals surface area contributed by atoms with E-state index >= 15 is 0 Å². The zero-order chi connectivity index (χ0) is 23.3. The molecule has 0 bridgehead atoms. The van der Waals surface area contributed by atoms with Gasteiger partial charge in [0.15, 0.2) is 0 Å². The van der Waals surface area contributed by atoms with Gasteiger partial charge >= 0.3 is 0 Å². The molecule has 0 fully saturated rings. The molecular formula is C25H27FN2O3S. The van der Waals surface area contributed by atoms with Crippen molar-refractivity contribution in [1.29, 1.82) is 0 Å². The number of nitrogens with zero attached hydrogens (tertiary/aromatic N) is 1. The highest BCUT2D eigenvalue weighted by atomic mass is 32.2. The number of hydrogen-bond donors (Lipinski definition) is 1. The fourth-order valence-electron chi connectivity index (χ4n) is 3.42. The summed E-state index contributed by atoms with van der Waals surface area (Å²) in [5.74, 6) is -0.720. The summed E-state index contributed by atoms with van der Waals surface area (Å²) >= 11 is 0. The Hall–Kier alpha value is -3.19. The van der Waals surface area contributed by atoms with Gasteiger partial charge in [0.05, 0.1) is 24.5 Å². The standard InChI is InChI=1S/C25H27FN2O3S/c1-4-24(19-11-9-18(2)10-12-19)27-25(29)20-13-15-22(16-14-20)28(32(3,30)31)17-21-7-5-6-8-23(21)26/h5-16,24H,4,17H2,1-3H3,(H,27,29)/t24-/m1/s1. The van der Waals surface area contributed by atoms with Gasteiger partial charge in [-0.3, -0.25) is 9.10 Å². The fraction of sp³-hybridized carbons (Fsp3) is 0.240. The number of aryl methyl sites for hydroxylation is 1. The van der Waals surface area contributed by atoms with Crippen LogP contribution in [0.15, 0.2) is 72.8 Å². The van der Waals surface area contributed by atoms with Crippen molar-refractivity contribution >= 4 is 21.6 Å². The number of nitrogens with one attached hydrogen (secondary N) is 1. The lowest BCUT2D eigenvalue weighted by Gasteiger charge is -2.23. The van der Waals surface area contributed by atoms with Gasteiger partial charge in [-0.05, 0) is 49.2 Å². The quantitative estimate of drug-likeness (QED) is 0.522. The topological polar surface area (TPSA) is 66.5 Å². The normalized spacial score (nSPS) is 12.2. The zero-order valence-electron chi connectivity index (χ0n) is 18.4. The summed E-state index contributed by atoms with van der Waals surface area (Å²) in [5.41, 5.74) is 3.22. The van der Waals surface area contributed by atoms with Crippen LogP contribution in [0.25, 0.3) is 0 Å². The Bertz CT molecular complexity index is 1180. The average Bonchev–Trinajstić information content (AvgIpc) is 2.77. The van der Waals surface area contributed by atoms with Crippen LogP contribution >= 0.6 is 0 Å². The molecule has 0 saturated heterocycles. The van der Waals surface area contributed by atoms with E-state index < -0.39 is 15.8 Å². The third-order valence-electron chi connectivity index (χ3n) is 5.28. The van der Waals surface area contributed by atoms with Crippen molar-refractivity contribution in [1.82, 2.24) is 5.32 Å². The van der Waals surface area contributed by atoms with E-state index in [9.17, 15) is 17.6 Å². The van der Waals surface area contributed by atoms with Crippen LogP contribution in [-0.4, -0.2) is 20.6 Å². The third kappa shape index (κ3) is 5.73. The lowest BCUT2D eigenvalue weighted by molar-refractivity contribution is 0.0935. The van der Waals surface area contributed by atoms with Crippen LogP contribution in [0, 0.1) is 12.7 Å². The summed E-state index contributed by atoms with van der Waals surface area (Å²) in [5, 5.41) is 3.02. The van der Waals surface area contributed by atoms with Gasteiger partial charge in [0.1, 0.15) is 5.82 Å². The van der Waals surface area contributed by atoms with Crippen LogP contribution < -0.4 is 9.62 Å². The van der Waals surface area contributed by atoms with Crippen molar-refractivity contribution in [2.24, 2.45) is 0 Å². The minimum absolute atomic E-state index is 0.128. The number of halogens is 1. The van der Waals surface area contributed by atoms with Gasteiger partial charge in [-0.2, -0.15) is 0 Å². The molecule has 3 aromatic rings. The molecule has 1 amide bonds. The predicted octanol–water partition coefficient (Wildman–Crippen LogP) is 4.98. The summed E-state index contributed by atoms with van der Waals surface area (Å²) in [7, 11) is -3.66. The molecule has 7 heteroatoms. The minimum atomic E-state index is -3.66. The van der Waals surface area contributed by atoms with Gasteiger partial charge in [-0.25, -0.2) is 12.8 Å². The van der Waals surface area contributed by atoms with Gasteiger partial charge in [-0.15, -0.1) is 0 Å². The zero-order valence-corrected chi connectivity index (χ0v) is 19.2. The third-order valence-corrected chi connectivity index (χ3v) is 6.42. The molecule has 168 valence electrons. The highest BCUT2D eigenvalue weighted by molar-refractivity contribution is 7.92. The Balaban J connectivity index is 1.79. The molecule has 0 aliphatic carbocycles. The summed E-state index contributed by atoms with van der Waals surface area (Å²) in [6, 6.07) is 20.2. The second-order valence-electron chi connectivity index (χ2n) is 7.75. The largest absolute Gasteiger partial charge is 0.345 e. The van der Waals surface area contributed by atoms with Crippen LogP contribution in [0.2, 0.25) is 0 Å². The molecule has 1 N–H and O–H groups in total. The van der Waals surface area contributed by atoms with Gasteiger partial charge in [0.2, 0.25) is 10.0 Å². The van der Waals surface area contributed by atoms with Crippen molar-refractivity contribution in [3.63, 3.8) is 0 Å². The molecule has 3 aromatic carbocycles. The van der Waals surface area contributed by atoms with E-state index in [-0.39, 0.29) is 24.1 Å². The van der Waals surface area contributed by atoms with E-state index in [0.717, 1.165) is 28.1 Å². The molecule has 0 heterocycles. The first kappa shape index (κ1) is 23.5. The summed E-state index contributed by atoms with van der Waals surface area (Å²) in [4.78, 5) is 12.8. The van der Waals surface area contributed by atoms with Gasteiger partial charge in [0.25, 0.3) is 5.91 Å². The van der Waals surface area contributed by atoms with E-state index in [1.54, 1.807) is 42.5 Å². The summed E-state index contributed by atoms with van der Waals surface area (Å²) < 4.78 is 39.9. The summed E-state index contributed by atoms with van der Waals surface area (Å²) in [6.45, 7) is 3.87. The lowest BCUT2D eigenvalue weighted by atomic mass is 10.0. The molecular weight excluding hydrogens is 427 g/mol. The van der Waals surface area contributed by atoms with Crippen molar-refractivity contribution in [3.05, 3.63) is 101 Å². The predicted molar refractivity (Wildman–Crippen MR) is 126 cm³/mol. The molecule has 32 heavy (non-hydrogen) atoms. The van der Waals surface area contributed by atoms with Gasteiger partial charge in [0, 0.05) is 11.1 Å². The Morgan fingerprint density at radius 1 is 1.00 bits per heavy atom. The first-order valence-electron chi connectivity index (χ1n) is 10.4. The number of benzene rings is 3. The molecule has 0 aliphatic heterocycles. The minimum Gasteiger partial charge on any atom is -0.345 e.